The summed E-state index contributed by atoms with van der Waals surface area (Å²) in [5.74, 6) is -0.958. The highest BCUT2D eigenvalue weighted by atomic mass is 16.8. The van der Waals surface area contributed by atoms with Gasteiger partial charge in [-0.2, -0.15) is 0 Å². The summed E-state index contributed by atoms with van der Waals surface area (Å²) < 4.78 is 30.3. The first-order valence-corrected chi connectivity index (χ1v) is 7.30. The summed E-state index contributed by atoms with van der Waals surface area (Å²) in [5, 5.41) is 10.7. The number of imidazole rings is 1. The van der Waals surface area contributed by atoms with Crippen molar-refractivity contribution in [2.75, 3.05) is 7.11 Å². The number of methoxy groups -OCH3 is 1. The second-order valence-electron chi connectivity index (χ2n) is 6.22. The van der Waals surface area contributed by atoms with Gasteiger partial charge in [-0.1, -0.05) is 0 Å². The number of hydrogen-bond acceptors (Lipinski definition) is 8. The van der Waals surface area contributed by atoms with Gasteiger partial charge in [0.15, 0.2) is 18.2 Å². The Balaban J connectivity index is 1.50. The SMILES string of the molecule is CO[C@H]1C([C@H]2Cn3cc([N+](=O)[O-])nc3O2)O[C@@H]2OC(C)(C)O[C@@H]21. The minimum Gasteiger partial charge on any atom is -0.438 e. The summed E-state index contributed by atoms with van der Waals surface area (Å²) >= 11 is 0. The van der Waals surface area contributed by atoms with Crippen molar-refractivity contribution in [3.05, 3.63) is 16.3 Å². The van der Waals surface area contributed by atoms with Crippen molar-refractivity contribution in [1.82, 2.24) is 9.55 Å². The lowest BCUT2D eigenvalue weighted by molar-refractivity contribution is -0.389. The van der Waals surface area contributed by atoms with Crippen molar-refractivity contribution in [2.24, 2.45) is 0 Å². The van der Waals surface area contributed by atoms with Crippen LogP contribution < -0.4 is 4.74 Å². The summed E-state index contributed by atoms with van der Waals surface area (Å²) in [6.07, 6.45) is -0.651. The Hall–Kier alpha value is -1.75. The maximum atomic E-state index is 10.7. The molecule has 0 aromatic carbocycles. The monoisotopic (exact) mass is 327 g/mol. The molecule has 23 heavy (non-hydrogen) atoms. The van der Waals surface area contributed by atoms with E-state index in [2.05, 4.69) is 4.98 Å². The summed E-state index contributed by atoms with van der Waals surface area (Å²) in [7, 11) is 1.58. The molecule has 0 radical (unpaired) electrons. The Bertz CT molecular complexity index is 622. The largest absolute Gasteiger partial charge is 0.438 e. The van der Waals surface area contributed by atoms with Crippen LogP contribution in [-0.2, 0) is 25.5 Å². The Kier molecular flexibility index (Phi) is 3.14. The van der Waals surface area contributed by atoms with Crippen LogP contribution in [0.3, 0.4) is 0 Å². The molecule has 0 N–H and O–H groups in total. The number of rotatable bonds is 3. The van der Waals surface area contributed by atoms with Crippen LogP contribution in [0.5, 0.6) is 6.01 Å². The molecular weight excluding hydrogens is 310 g/mol. The number of nitrogens with zero attached hydrogens (tertiary/aromatic N) is 3. The summed E-state index contributed by atoms with van der Waals surface area (Å²) in [6, 6.07) is 0.208. The molecule has 1 unspecified atom stereocenters. The normalized spacial score (nSPS) is 37.4. The first-order valence-electron chi connectivity index (χ1n) is 7.30. The third-order valence-electron chi connectivity index (χ3n) is 4.21. The molecule has 2 fully saturated rings. The summed E-state index contributed by atoms with van der Waals surface area (Å²) in [5.41, 5.74) is 0. The molecule has 0 bridgehead atoms. The van der Waals surface area contributed by atoms with Crippen LogP contribution >= 0.6 is 0 Å². The van der Waals surface area contributed by atoms with E-state index in [9.17, 15) is 10.1 Å². The van der Waals surface area contributed by atoms with Crippen LogP contribution in [-0.4, -0.2) is 58.1 Å². The zero-order valence-electron chi connectivity index (χ0n) is 12.9. The van der Waals surface area contributed by atoms with E-state index < -0.39 is 23.1 Å². The van der Waals surface area contributed by atoms with Gasteiger partial charge in [0, 0.05) is 12.1 Å². The van der Waals surface area contributed by atoms with E-state index in [-0.39, 0.29) is 30.1 Å². The van der Waals surface area contributed by atoms with Gasteiger partial charge >= 0.3 is 11.8 Å². The molecule has 3 aliphatic rings. The molecule has 0 aliphatic carbocycles. The lowest BCUT2D eigenvalue weighted by Gasteiger charge is -2.27. The Morgan fingerprint density at radius 3 is 2.87 bits per heavy atom. The van der Waals surface area contributed by atoms with E-state index in [1.54, 1.807) is 11.7 Å². The van der Waals surface area contributed by atoms with E-state index in [0.29, 0.717) is 6.54 Å². The maximum absolute atomic E-state index is 10.7. The van der Waals surface area contributed by atoms with Gasteiger partial charge < -0.3 is 33.8 Å². The average molecular weight is 327 g/mol. The molecule has 5 atom stereocenters. The Morgan fingerprint density at radius 1 is 1.43 bits per heavy atom. The van der Waals surface area contributed by atoms with Crippen LogP contribution in [0, 0.1) is 10.1 Å². The molecule has 3 aliphatic heterocycles. The lowest BCUT2D eigenvalue weighted by atomic mass is 10.1. The quantitative estimate of drug-likeness (QED) is 0.581. The van der Waals surface area contributed by atoms with Crippen LogP contribution in [0.15, 0.2) is 6.20 Å². The predicted octanol–water partition coefficient (Wildman–Crippen LogP) is 0.444. The molecule has 1 aromatic rings. The first kappa shape index (κ1) is 14.8. The number of ether oxygens (including phenoxy) is 5. The topological polar surface area (TPSA) is 107 Å². The summed E-state index contributed by atoms with van der Waals surface area (Å²) in [6.45, 7) is 4.03. The number of nitro groups is 1. The second kappa shape index (κ2) is 4.87. The number of fused-ring (bicyclic) bond motifs is 2. The molecule has 0 saturated carbocycles. The first-order chi connectivity index (χ1) is 10.9. The Morgan fingerprint density at radius 2 is 2.22 bits per heavy atom. The van der Waals surface area contributed by atoms with Gasteiger partial charge in [0.2, 0.25) is 0 Å². The van der Waals surface area contributed by atoms with Crippen LogP contribution in [0.25, 0.3) is 0 Å². The van der Waals surface area contributed by atoms with Gasteiger partial charge in [0.05, 0.1) is 6.54 Å². The smallest absolute Gasteiger partial charge is 0.414 e. The van der Waals surface area contributed by atoms with Crippen molar-refractivity contribution in [3.63, 3.8) is 0 Å². The zero-order chi connectivity index (χ0) is 16.4. The van der Waals surface area contributed by atoms with Crippen LogP contribution in [0.2, 0.25) is 0 Å². The molecule has 126 valence electrons. The number of aromatic nitrogens is 2. The van der Waals surface area contributed by atoms with Crippen molar-refractivity contribution < 1.29 is 28.6 Å². The molecule has 10 nitrogen and oxygen atoms in total. The Labute approximate surface area is 131 Å². The van der Waals surface area contributed by atoms with Gasteiger partial charge in [-0.05, 0) is 18.8 Å². The predicted molar refractivity (Wildman–Crippen MR) is 72.8 cm³/mol. The fourth-order valence-electron chi connectivity index (χ4n) is 3.31. The van der Waals surface area contributed by atoms with Crippen molar-refractivity contribution in [3.8, 4) is 6.01 Å². The standard InChI is InChI=1S/C13H17N3O7/c1-13(2)22-10-9(19-3)8(21-11(10)23-13)6-4-15-5-7(16(17)18)14-12(15)20-6/h5-6,8-11H,4H2,1-3H3/t6-,8?,9+,10-,11-/m1/s1. The fraction of sp³-hybridized carbons (Fsp3) is 0.769. The van der Waals surface area contributed by atoms with Crippen LogP contribution in [0.1, 0.15) is 13.8 Å². The number of hydrogen-bond donors (Lipinski definition) is 0. The van der Waals surface area contributed by atoms with Crippen LogP contribution in [0.4, 0.5) is 5.82 Å². The molecule has 1 aromatic heterocycles. The van der Waals surface area contributed by atoms with E-state index >= 15 is 0 Å². The minimum atomic E-state index is -0.721. The van der Waals surface area contributed by atoms with Gasteiger partial charge in [-0.15, -0.1) is 0 Å². The molecule has 0 spiro atoms. The van der Waals surface area contributed by atoms with E-state index in [4.69, 9.17) is 23.7 Å². The molecule has 4 rings (SSSR count). The highest BCUT2D eigenvalue weighted by Gasteiger charge is 2.58. The lowest BCUT2D eigenvalue weighted by Crippen LogP contribution is -2.44. The summed E-state index contributed by atoms with van der Waals surface area (Å²) in [4.78, 5) is 14.0. The van der Waals surface area contributed by atoms with E-state index in [1.807, 2.05) is 13.8 Å². The van der Waals surface area contributed by atoms with Gasteiger partial charge in [-0.3, -0.25) is 4.57 Å². The van der Waals surface area contributed by atoms with E-state index in [1.165, 1.54) is 6.20 Å². The third kappa shape index (κ3) is 2.29. The second-order valence-corrected chi connectivity index (χ2v) is 6.22. The van der Waals surface area contributed by atoms with E-state index in [0.717, 1.165) is 0 Å². The molecule has 10 heteroatoms. The maximum Gasteiger partial charge on any atom is 0.414 e. The third-order valence-corrected chi connectivity index (χ3v) is 4.21. The zero-order valence-corrected chi connectivity index (χ0v) is 12.9. The highest BCUT2D eigenvalue weighted by molar-refractivity contribution is 5.23. The van der Waals surface area contributed by atoms with Crippen molar-refractivity contribution >= 4 is 5.82 Å². The molecule has 0 amide bonds. The minimum absolute atomic E-state index is 0.208. The fourth-order valence-corrected chi connectivity index (χ4v) is 3.31. The average Bonchev–Trinajstić information content (AvgIpc) is 3.13. The highest BCUT2D eigenvalue weighted by Crippen LogP contribution is 2.41. The molecular formula is C13H17N3O7. The van der Waals surface area contributed by atoms with Gasteiger partial charge in [-0.25, -0.2) is 0 Å². The van der Waals surface area contributed by atoms with Gasteiger partial charge in [0.25, 0.3) is 0 Å². The van der Waals surface area contributed by atoms with Crippen molar-refractivity contribution in [1.29, 1.82) is 0 Å². The molecule has 2 saturated heterocycles. The van der Waals surface area contributed by atoms with Gasteiger partial charge in [0.1, 0.15) is 24.5 Å². The molecule has 4 heterocycles. The van der Waals surface area contributed by atoms with Crippen molar-refractivity contribution in [2.45, 2.75) is 56.9 Å².